The van der Waals surface area contributed by atoms with Gasteiger partial charge < -0.3 is 9.84 Å². The summed E-state index contributed by atoms with van der Waals surface area (Å²) >= 11 is 11.9. The molecule has 1 aliphatic rings. The smallest absolute Gasteiger partial charge is 0.317 e. The lowest BCUT2D eigenvalue weighted by molar-refractivity contribution is -0.138. The normalized spacial score (nSPS) is 16.0. The van der Waals surface area contributed by atoms with E-state index in [4.69, 9.17) is 33.0 Å². The third-order valence-electron chi connectivity index (χ3n) is 4.08. The van der Waals surface area contributed by atoms with Crippen LogP contribution in [-0.4, -0.2) is 66.8 Å². The Balaban J connectivity index is 0.00000288. The molecule has 0 radical (unpaired) electrons. The number of nitrogens with zero attached hydrogens (tertiary/aromatic N) is 2. The molecule has 1 fully saturated rings. The van der Waals surface area contributed by atoms with Gasteiger partial charge >= 0.3 is 5.97 Å². The number of likely N-dealkylation sites (tertiary alicyclic amines) is 1. The van der Waals surface area contributed by atoms with Crippen LogP contribution in [0.1, 0.15) is 12.8 Å². The fourth-order valence-corrected chi connectivity index (χ4v) is 3.34. The molecule has 1 N–H and O–H groups in total. The quantitative estimate of drug-likeness (QED) is 0.765. The summed E-state index contributed by atoms with van der Waals surface area (Å²) < 4.78 is 5.70. The molecule has 0 aromatic heterocycles. The van der Waals surface area contributed by atoms with Gasteiger partial charge in [-0.2, -0.15) is 0 Å². The first-order valence-electron chi connectivity index (χ1n) is 7.67. The maximum absolute atomic E-state index is 10.8. The number of halogens is 3. The molecule has 0 bridgehead atoms. The number of rotatable bonds is 7. The van der Waals surface area contributed by atoms with Crippen LogP contribution in [0.4, 0.5) is 0 Å². The van der Waals surface area contributed by atoms with Crippen LogP contribution in [0.2, 0.25) is 10.0 Å². The fraction of sp³-hybridized carbons (Fsp3) is 0.562. The van der Waals surface area contributed by atoms with Crippen molar-refractivity contribution in [1.29, 1.82) is 0 Å². The highest BCUT2D eigenvalue weighted by molar-refractivity contribution is 6.34. The molecule has 0 spiro atoms. The van der Waals surface area contributed by atoms with Crippen molar-refractivity contribution >= 4 is 41.6 Å². The molecule has 24 heavy (non-hydrogen) atoms. The van der Waals surface area contributed by atoms with Crippen LogP contribution >= 0.6 is 35.6 Å². The zero-order valence-electron chi connectivity index (χ0n) is 13.6. The second-order valence-electron chi connectivity index (χ2n) is 5.84. The van der Waals surface area contributed by atoms with Gasteiger partial charge in [-0.05, 0) is 51.2 Å². The van der Waals surface area contributed by atoms with E-state index < -0.39 is 5.97 Å². The lowest BCUT2D eigenvalue weighted by Gasteiger charge is -2.36. The minimum atomic E-state index is -0.775. The number of aliphatic carboxylic acids is 1. The zero-order chi connectivity index (χ0) is 16.8. The average Bonchev–Trinajstić information content (AvgIpc) is 2.46. The first-order valence-corrected chi connectivity index (χ1v) is 8.43. The Labute approximate surface area is 158 Å². The van der Waals surface area contributed by atoms with Crippen LogP contribution in [0, 0.1) is 0 Å². The van der Waals surface area contributed by atoms with Crippen LogP contribution in [0.25, 0.3) is 0 Å². The van der Waals surface area contributed by atoms with E-state index in [0.29, 0.717) is 28.4 Å². The van der Waals surface area contributed by atoms with Gasteiger partial charge in [0, 0.05) is 22.6 Å². The first-order chi connectivity index (χ1) is 10.9. The zero-order valence-corrected chi connectivity index (χ0v) is 15.9. The molecule has 1 aromatic carbocycles. The molecule has 2 rings (SSSR count). The molecule has 1 aliphatic heterocycles. The van der Waals surface area contributed by atoms with Gasteiger partial charge in [0.05, 0.1) is 6.54 Å². The second kappa shape index (κ2) is 10.3. The first kappa shape index (κ1) is 21.3. The molecule has 0 saturated carbocycles. The van der Waals surface area contributed by atoms with Gasteiger partial charge in [-0.25, -0.2) is 0 Å². The van der Waals surface area contributed by atoms with Crippen molar-refractivity contribution in [2.45, 2.75) is 18.9 Å². The molecule has 0 aliphatic carbocycles. The third-order valence-corrected chi connectivity index (χ3v) is 4.51. The van der Waals surface area contributed by atoms with E-state index in [1.54, 1.807) is 18.2 Å². The lowest BCUT2D eigenvalue weighted by Crippen LogP contribution is -2.45. The van der Waals surface area contributed by atoms with Crippen LogP contribution in [0.15, 0.2) is 18.2 Å². The van der Waals surface area contributed by atoms with Crippen molar-refractivity contribution in [3.8, 4) is 5.75 Å². The summed E-state index contributed by atoms with van der Waals surface area (Å²) in [5.41, 5.74) is 0. The van der Waals surface area contributed by atoms with Gasteiger partial charge in [-0.1, -0.05) is 23.2 Å². The number of carboxylic acid groups (broad SMARTS) is 1. The van der Waals surface area contributed by atoms with Crippen LogP contribution in [0.5, 0.6) is 5.75 Å². The van der Waals surface area contributed by atoms with Crippen molar-refractivity contribution in [1.82, 2.24) is 9.80 Å². The van der Waals surface area contributed by atoms with Crippen molar-refractivity contribution < 1.29 is 14.6 Å². The fourth-order valence-electron chi connectivity index (χ4n) is 2.83. The van der Waals surface area contributed by atoms with Crippen LogP contribution < -0.4 is 4.74 Å². The SMILES string of the molecule is CN(CC(=O)O)C1CCN(CCOc2cc(Cl)cc(Cl)c2)CC1.Cl. The van der Waals surface area contributed by atoms with E-state index in [1.807, 2.05) is 11.9 Å². The maximum Gasteiger partial charge on any atom is 0.317 e. The molecule has 0 amide bonds. The number of carboxylic acids is 1. The molecular weight excluding hydrogens is 375 g/mol. The standard InChI is InChI=1S/C16H22Cl2N2O3.ClH/c1-19(11-16(21)22)14-2-4-20(5-3-14)6-7-23-15-9-12(17)8-13(18)10-15;/h8-10,14H,2-7,11H2,1H3,(H,21,22);1H. The molecule has 1 aromatic rings. The molecular formula is C16H23Cl3N2O3. The van der Waals surface area contributed by atoms with Gasteiger partial charge in [0.2, 0.25) is 0 Å². The Bertz CT molecular complexity index is 517. The Morgan fingerprint density at radius 2 is 1.88 bits per heavy atom. The van der Waals surface area contributed by atoms with Crippen LogP contribution in [0.3, 0.4) is 0 Å². The third kappa shape index (κ3) is 7.03. The lowest BCUT2D eigenvalue weighted by atomic mass is 10.0. The van der Waals surface area contributed by atoms with Crippen molar-refractivity contribution in [2.75, 3.05) is 39.8 Å². The summed E-state index contributed by atoms with van der Waals surface area (Å²) in [6.07, 6.45) is 1.96. The van der Waals surface area contributed by atoms with Crippen molar-refractivity contribution in [3.63, 3.8) is 0 Å². The predicted molar refractivity (Wildman–Crippen MR) is 98.9 cm³/mol. The van der Waals surface area contributed by atoms with E-state index in [1.165, 1.54) is 0 Å². The van der Waals surface area contributed by atoms with Gasteiger partial charge in [-0.15, -0.1) is 12.4 Å². The van der Waals surface area contributed by atoms with Crippen molar-refractivity contribution in [2.24, 2.45) is 0 Å². The number of hydrogen-bond acceptors (Lipinski definition) is 4. The Morgan fingerprint density at radius 3 is 2.42 bits per heavy atom. The summed E-state index contributed by atoms with van der Waals surface area (Å²) in [5, 5.41) is 9.97. The Kier molecular flexibility index (Phi) is 9.16. The van der Waals surface area contributed by atoms with E-state index in [0.717, 1.165) is 32.5 Å². The minimum Gasteiger partial charge on any atom is -0.492 e. The summed E-state index contributed by atoms with van der Waals surface area (Å²) in [7, 11) is 1.88. The summed E-state index contributed by atoms with van der Waals surface area (Å²) in [5.74, 6) is -0.0953. The second-order valence-corrected chi connectivity index (χ2v) is 6.71. The molecule has 5 nitrogen and oxygen atoms in total. The highest BCUT2D eigenvalue weighted by Crippen LogP contribution is 2.24. The topological polar surface area (TPSA) is 53.0 Å². The average molecular weight is 398 g/mol. The van der Waals surface area contributed by atoms with E-state index in [9.17, 15) is 4.79 Å². The van der Waals surface area contributed by atoms with Gasteiger partial charge in [0.25, 0.3) is 0 Å². The maximum atomic E-state index is 10.8. The summed E-state index contributed by atoms with van der Waals surface area (Å²) in [4.78, 5) is 15.0. The van der Waals surface area contributed by atoms with Crippen molar-refractivity contribution in [3.05, 3.63) is 28.2 Å². The Morgan fingerprint density at radius 1 is 1.29 bits per heavy atom. The largest absolute Gasteiger partial charge is 0.492 e. The Hall–Kier alpha value is -0.720. The molecule has 136 valence electrons. The van der Waals surface area contributed by atoms with Gasteiger partial charge in [0.1, 0.15) is 12.4 Å². The van der Waals surface area contributed by atoms with E-state index >= 15 is 0 Å². The number of likely N-dealkylation sites (N-methyl/N-ethyl adjacent to an activating group) is 1. The number of piperidine rings is 1. The molecule has 8 heteroatoms. The number of benzene rings is 1. The number of hydrogen-bond donors (Lipinski definition) is 1. The van der Waals surface area contributed by atoms with E-state index in [-0.39, 0.29) is 19.0 Å². The van der Waals surface area contributed by atoms with Gasteiger partial charge in [-0.3, -0.25) is 14.6 Å². The minimum absolute atomic E-state index is 0. The summed E-state index contributed by atoms with van der Waals surface area (Å²) in [6.45, 7) is 3.41. The monoisotopic (exact) mass is 396 g/mol. The number of carbonyl (C=O) groups is 1. The highest BCUT2D eigenvalue weighted by atomic mass is 35.5. The van der Waals surface area contributed by atoms with Gasteiger partial charge in [0.15, 0.2) is 0 Å². The molecule has 0 unspecified atom stereocenters. The highest BCUT2D eigenvalue weighted by Gasteiger charge is 2.23. The summed E-state index contributed by atoms with van der Waals surface area (Å²) in [6, 6.07) is 5.52. The molecule has 1 saturated heterocycles. The molecule has 0 atom stereocenters. The molecule has 1 heterocycles. The van der Waals surface area contributed by atoms with Crippen LogP contribution in [-0.2, 0) is 4.79 Å². The predicted octanol–water partition coefficient (Wildman–Crippen LogP) is 3.27. The van der Waals surface area contributed by atoms with E-state index in [2.05, 4.69) is 4.90 Å². The number of ether oxygens (including phenoxy) is 1.